The van der Waals surface area contributed by atoms with Crippen molar-refractivity contribution < 1.29 is 17.6 Å². The summed E-state index contributed by atoms with van der Waals surface area (Å²) in [5.41, 5.74) is 4.84. The van der Waals surface area contributed by atoms with Crippen LogP contribution in [-0.4, -0.2) is 0 Å². The number of halogens is 4. The summed E-state index contributed by atoms with van der Waals surface area (Å²) in [4.78, 5) is 0. The highest BCUT2D eigenvalue weighted by Crippen LogP contribution is 2.32. The van der Waals surface area contributed by atoms with E-state index in [9.17, 15) is 17.6 Å². The molecule has 90 valence electrons. The molecular weight excluding hydrogens is 222 g/mol. The molecule has 1 rings (SSSR count). The highest BCUT2D eigenvalue weighted by Gasteiger charge is 2.34. The van der Waals surface area contributed by atoms with Crippen molar-refractivity contribution >= 4 is 0 Å². The molecule has 0 heterocycles. The third-order valence-electron chi connectivity index (χ3n) is 2.40. The molecule has 0 aliphatic carbocycles. The van der Waals surface area contributed by atoms with Gasteiger partial charge in [0.2, 0.25) is 0 Å². The van der Waals surface area contributed by atoms with Crippen molar-refractivity contribution in [3.05, 3.63) is 35.1 Å². The van der Waals surface area contributed by atoms with Crippen LogP contribution in [0.4, 0.5) is 17.6 Å². The van der Waals surface area contributed by atoms with Crippen LogP contribution in [0, 0.1) is 11.7 Å². The van der Waals surface area contributed by atoms with Gasteiger partial charge < -0.3 is 5.73 Å². The molecule has 0 bridgehead atoms. The Balaban J connectivity index is 3.09. The van der Waals surface area contributed by atoms with Crippen molar-refractivity contribution in [3.8, 4) is 0 Å². The molecule has 0 aliphatic heterocycles. The van der Waals surface area contributed by atoms with Crippen LogP contribution in [0.25, 0.3) is 0 Å². The van der Waals surface area contributed by atoms with Crippen LogP contribution in [0.2, 0.25) is 0 Å². The Hall–Kier alpha value is -1.10. The molecule has 5 heteroatoms. The zero-order valence-electron chi connectivity index (χ0n) is 8.98. The maximum atomic E-state index is 13.2. The van der Waals surface area contributed by atoms with E-state index >= 15 is 0 Å². The van der Waals surface area contributed by atoms with E-state index in [1.165, 1.54) is 6.07 Å². The Morgan fingerprint density at radius 1 is 1.19 bits per heavy atom. The maximum Gasteiger partial charge on any atom is 0.419 e. The number of hydrogen-bond acceptors (Lipinski definition) is 1. The summed E-state index contributed by atoms with van der Waals surface area (Å²) in [6, 6.07) is 2.34. The second-order valence-electron chi connectivity index (χ2n) is 4.01. The van der Waals surface area contributed by atoms with Gasteiger partial charge in [0.05, 0.1) is 5.56 Å². The maximum absolute atomic E-state index is 13.2. The van der Waals surface area contributed by atoms with Gasteiger partial charge in [0, 0.05) is 6.04 Å². The van der Waals surface area contributed by atoms with E-state index in [4.69, 9.17) is 5.73 Å². The van der Waals surface area contributed by atoms with Crippen molar-refractivity contribution in [1.82, 2.24) is 0 Å². The Morgan fingerprint density at radius 2 is 1.75 bits per heavy atom. The SMILES string of the molecule is CC(C)[C@H](N)c1ccc(C(F)(F)F)c(F)c1. The molecule has 2 N–H and O–H groups in total. The van der Waals surface area contributed by atoms with Gasteiger partial charge >= 0.3 is 6.18 Å². The van der Waals surface area contributed by atoms with Crippen molar-refractivity contribution in [1.29, 1.82) is 0 Å². The van der Waals surface area contributed by atoms with Crippen molar-refractivity contribution in [2.45, 2.75) is 26.1 Å². The molecule has 0 aliphatic rings. The van der Waals surface area contributed by atoms with Gasteiger partial charge in [-0.1, -0.05) is 19.9 Å². The fourth-order valence-corrected chi connectivity index (χ4v) is 1.35. The Labute approximate surface area is 91.3 Å². The normalized spacial score (nSPS) is 14.2. The first-order valence-corrected chi connectivity index (χ1v) is 4.85. The fraction of sp³-hybridized carbons (Fsp3) is 0.455. The Bertz CT molecular complexity index is 371. The molecule has 0 amide bonds. The predicted molar refractivity (Wildman–Crippen MR) is 53.2 cm³/mol. The van der Waals surface area contributed by atoms with Crippen LogP contribution in [0.15, 0.2) is 18.2 Å². The van der Waals surface area contributed by atoms with Crippen LogP contribution in [0.1, 0.15) is 31.0 Å². The third-order valence-corrected chi connectivity index (χ3v) is 2.40. The molecule has 0 spiro atoms. The second-order valence-corrected chi connectivity index (χ2v) is 4.01. The molecule has 0 saturated carbocycles. The first-order chi connectivity index (χ1) is 7.23. The van der Waals surface area contributed by atoms with Gasteiger partial charge in [0.1, 0.15) is 5.82 Å². The van der Waals surface area contributed by atoms with Crippen molar-refractivity contribution in [2.75, 3.05) is 0 Å². The van der Waals surface area contributed by atoms with Crippen LogP contribution in [0.5, 0.6) is 0 Å². The van der Waals surface area contributed by atoms with Crippen LogP contribution < -0.4 is 5.73 Å². The summed E-state index contributed by atoms with van der Waals surface area (Å²) < 4.78 is 50.0. The first-order valence-electron chi connectivity index (χ1n) is 4.85. The van der Waals surface area contributed by atoms with E-state index < -0.39 is 23.6 Å². The molecule has 0 saturated heterocycles. The first kappa shape index (κ1) is 13.0. The van der Waals surface area contributed by atoms with Gasteiger partial charge in [0.15, 0.2) is 0 Å². The van der Waals surface area contributed by atoms with Gasteiger partial charge in [-0.25, -0.2) is 4.39 Å². The summed E-state index contributed by atoms with van der Waals surface area (Å²) in [5, 5.41) is 0. The molecule has 1 nitrogen and oxygen atoms in total. The number of benzene rings is 1. The number of hydrogen-bond donors (Lipinski definition) is 1. The zero-order chi connectivity index (χ0) is 12.5. The second kappa shape index (κ2) is 4.41. The van der Waals surface area contributed by atoms with Crippen LogP contribution in [-0.2, 0) is 6.18 Å². The summed E-state index contributed by atoms with van der Waals surface area (Å²) in [7, 11) is 0. The third kappa shape index (κ3) is 2.72. The van der Waals surface area contributed by atoms with Crippen LogP contribution >= 0.6 is 0 Å². The Kier molecular flexibility index (Phi) is 3.57. The van der Waals surface area contributed by atoms with Crippen molar-refractivity contribution in [3.63, 3.8) is 0 Å². The van der Waals surface area contributed by atoms with Crippen molar-refractivity contribution in [2.24, 2.45) is 11.7 Å². The van der Waals surface area contributed by atoms with E-state index in [0.717, 1.165) is 12.1 Å². The smallest absolute Gasteiger partial charge is 0.324 e. The summed E-state index contributed by atoms with van der Waals surface area (Å²) in [6.45, 7) is 3.64. The highest BCUT2D eigenvalue weighted by atomic mass is 19.4. The topological polar surface area (TPSA) is 26.0 Å². The molecule has 0 radical (unpaired) electrons. The van der Waals surface area contributed by atoms with Gasteiger partial charge in [0.25, 0.3) is 0 Å². The van der Waals surface area contributed by atoms with E-state index in [-0.39, 0.29) is 5.92 Å². The highest BCUT2D eigenvalue weighted by molar-refractivity contribution is 5.28. The lowest BCUT2D eigenvalue weighted by atomic mass is 9.96. The molecule has 0 fully saturated rings. The lowest BCUT2D eigenvalue weighted by Crippen LogP contribution is -2.18. The molecule has 0 unspecified atom stereocenters. The fourth-order valence-electron chi connectivity index (χ4n) is 1.35. The average Bonchev–Trinajstić information content (AvgIpc) is 2.14. The van der Waals surface area contributed by atoms with Crippen LogP contribution in [0.3, 0.4) is 0 Å². The van der Waals surface area contributed by atoms with Gasteiger partial charge in [-0.15, -0.1) is 0 Å². The van der Waals surface area contributed by atoms with E-state index in [0.29, 0.717) is 5.56 Å². The zero-order valence-corrected chi connectivity index (χ0v) is 8.98. The minimum atomic E-state index is -4.66. The average molecular weight is 235 g/mol. The quantitative estimate of drug-likeness (QED) is 0.780. The standard InChI is InChI=1S/C11H13F4N/c1-6(2)10(16)7-3-4-8(9(12)5-7)11(13,14)15/h3-6,10H,16H2,1-2H3/t10-/m0/s1. The molecular formula is C11H13F4N. The molecule has 16 heavy (non-hydrogen) atoms. The molecule has 1 aromatic carbocycles. The summed E-state index contributed by atoms with van der Waals surface area (Å²) in [5.74, 6) is -1.24. The number of rotatable bonds is 2. The monoisotopic (exact) mass is 235 g/mol. The summed E-state index contributed by atoms with van der Waals surface area (Å²) in [6.07, 6.45) is -4.66. The van der Waals surface area contributed by atoms with E-state index in [1.54, 1.807) is 0 Å². The Morgan fingerprint density at radius 3 is 2.12 bits per heavy atom. The van der Waals surface area contributed by atoms with E-state index in [2.05, 4.69) is 0 Å². The largest absolute Gasteiger partial charge is 0.419 e. The minimum absolute atomic E-state index is 0.0381. The number of alkyl halides is 3. The minimum Gasteiger partial charge on any atom is -0.324 e. The van der Waals surface area contributed by atoms with Gasteiger partial charge in [-0.2, -0.15) is 13.2 Å². The molecule has 1 aromatic rings. The summed E-state index contributed by atoms with van der Waals surface area (Å²) >= 11 is 0. The lowest BCUT2D eigenvalue weighted by molar-refractivity contribution is -0.140. The van der Waals surface area contributed by atoms with E-state index in [1.807, 2.05) is 13.8 Å². The molecule has 1 atom stereocenters. The van der Waals surface area contributed by atoms with Gasteiger partial charge in [-0.05, 0) is 23.6 Å². The molecule has 0 aromatic heterocycles. The predicted octanol–water partition coefficient (Wildman–Crippen LogP) is 3.50. The number of nitrogens with two attached hydrogens (primary N) is 1. The lowest BCUT2D eigenvalue weighted by Gasteiger charge is -2.17. The van der Waals surface area contributed by atoms with Gasteiger partial charge in [-0.3, -0.25) is 0 Å².